The lowest BCUT2D eigenvalue weighted by atomic mass is 10.2. The van der Waals surface area contributed by atoms with Gasteiger partial charge in [0.05, 0.1) is 6.61 Å². The van der Waals surface area contributed by atoms with Gasteiger partial charge in [0.15, 0.2) is 0 Å². The smallest absolute Gasteiger partial charge is 0.328 e. The first-order valence-electron chi connectivity index (χ1n) is 5.88. The number of hydrogen-bond donors (Lipinski definition) is 0. The zero-order valence-corrected chi connectivity index (χ0v) is 12.7. The molecule has 1 unspecified atom stereocenters. The molecular weight excluding hydrogens is 298 g/mol. The summed E-state index contributed by atoms with van der Waals surface area (Å²) in [5.41, 5.74) is 0.417. The van der Waals surface area contributed by atoms with Crippen molar-refractivity contribution in [2.24, 2.45) is 5.92 Å². The van der Waals surface area contributed by atoms with Crippen molar-refractivity contribution in [3.63, 3.8) is 0 Å². The summed E-state index contributed by atoms with van der Waals surface area (Å²) >= 11 is 3.31. The van der Waals surface area contributed by atoms with Crippen molar-refractivity contribution in [2.45, 2.75) is 33.7 Å². The highest BCUT2D eigenvalue weighted by Gasteiger charge is 2.19. The molecule has 5 heteroatoms. The van der Waals surface area contributed by atoms with Gasteiger partial charge >= 0.3 is 5.97 Å². The van der Waals surface area contributed by atoms with Gasteiger partial charge in [0.1, 0.15) is 6.04 Å². The summed E-state index contributed by atoms with van der Waals surface area (Å²) < 4.78 is 7.30. The normalized spacial score (nSPS) is 12.6. The van der Waals surface area contributed by atoms with E-state index in [1.54, 1.807) is 26.1 Å². The summed E-state index contributed by atoms with van der Waals surface area (Å²) in [6.07, 6.45) is 1.61. The van der Waals surface area contributed by atoms with Crippen molar-refractivity contribution >= 4 is 21.9 Å². The van der Waals surface area contributed by atoms with Gasteiger partial charge in [-0.3, -0.25) is 4.79 Å². The first-order valence-corrected chi connectivity index (χ1v) is 6.67. The van der Waals surface area contributed by atoms with Crippen molar-refractivity contribution in [3.05, 3.63) is 32.7 Å². The van der Waals surface area contributed by atoms with E-state index in [1.165, 1.54) is 4.57 Å². The Kier molecular flexibility index (Phi) is 5.14. The minimum atomic E-state index is -0.618. The monoisotopic (exact) mass is 315 g/mol. The number of aromatic nitrogens is 1. The number of rotatable bonds is 4. The van der Waals surface area contributed by atoms with Gasteiger partial charge in [-0.25, -0.2) is 4.79 Å². The van der Waals surface area contributed by atoms with Crippen molar-refractivity contribution < 1.29 is 9.53 Å². The minimum absolute atomic E-state index is 0.174. The number of hydrogen-bond acceptors (Lipinski definition) is 3. The molecule has 0 aliphatic heterocycles. The van der Waals surface area contributed by atoms with E-state index in [2.05, 4.69) is 15.9 Å². The first-order chi connectivity index (χ1) is 8.32. The first kappa shape index (κ1) is 15.0. The standard InChI is InChI=1S/C13H18BrNO3/c1-8(2)7-18-13(17)10(4)15-6-11(14)5-9(3)12(15)16/h5-6,8,10H,7H2,1-4H3. The van der Waals surface area contributed by atoms with Gasteiger partial charge < -0.3 is 9.30 Å². The molecule has 0 N–H and O–H groups in total. The summed E-state index contributed by atoms with van der Waals surface area (Å²) in [6, 6.07) is 1.11. The van der Waals surface area contributed by atoms with Crippen LogP contribution >= 0.6 is 15.9 Å². The Balaban J connectivity index is 2.93. The SMILES string of the molecule is Cc1cc(Br)cn(C(C)C(=O)OCC(C)C)c1=O. The maximum absolute atomic E-state index is 11.9. The lowest BCUT2D eigenvalue weighted by Gasteiger charge is -2.16. The van der Waals surface area contributed by atoms with Gasteiger partial charge in [-0.2, -0.15) is 0 Å². The molecule has 1 aromatic heterocycles. The Bertz CT molecular complexity index is 493. The highest BCUT2D eigenvalue weighted by Crippen LogP contribution is 2.13. The van der Waals surface area contributed by atoms with Gasteiger partial charge in [-0.15, -0.1) is 0 Å². The van der Waals surface area contributed by atoms with Crippen LogP contribution in [0.1, 0.15) is 32.4 Å². The van der Waals surface area contributed by atoms with Crippen LogP contribution in [0.2, 0.25) is 0 Å². The third kappa shape index (κ3) is 3.70. The largest absolute Gasteiger partial charge is 0.464 e. The molecule has 0 saturated heterocycles. The third-order valence-electron chi connectivity index (χ3n) is 2.51. The second-order valence-electron chi connectivity index (χ2n) is 4.75. The second-order valence-corrected chi connectivity index (χ2v) is 5.67. The number of nitrogens with zero attached hydrogens (tertiary/aromatic N) is 1. The fraction of sp³-hybridized carbons (Fsp3) is 0.538. The molecule has 0 aliphatic carbocycles. The molecule has 1 aromatic rings. The molecule has 0 aromatic carbocycles. The lowest BCUT2D eigenvalue weighted by molar-refractivity contribution is -0.148. The van der Waals surface area contributed by atoms with Crippen LogP contribution in [0.4, 0.5) is 0 Å². The summed E-state index contributed by atoms with van der Waals surface area (Å²) in [4.78, 5) is 23.8. The van der Waals surface area contributed by atoms with Crippen LogP contribution < -0.4 is 5.56 Å². The van der Waals surface area contributed by atoms with E-state index in [4.69, 9.17) is 4.74 Å². The molecule has 1 rings (SSSR count). The van der Waals surface area contributed by atoms with Crippen LogP contribution in [0.3, 0.4) is 0 Å². The van der Waals surface area contributed by atoms with Crippen molar-refractivity contribution in [2.75, 3.05) is 6.61 Å². The van der Waals surface area contributed by atoms with Gasteiger partial charge in [-0.1, -0.05) is 13.8 Å². The van der Waals surface area contributed by atoms with Gasteiger partial charge in [0.2, 0.25) is 0 Å². The molecule has 18 heavy (non-hydrogen) atoms. The number of ether oxygens (including phenoxy) is 1. The average molecular weight is 316 g/mol. The fourth-order valence-electron chi connectivity index (χ4n) is 1.47. The Hall–Kier alpha value is -1.10. The van der Waals surface area contributed by atoms with Crippen LogP contribution in [0.25, 0.3) is 0 Å². The van der Waals surface area contributed by atoms with E-state index in [0.29, 0.717) is 12.2 Å². The number of halogens is 1. The van der Waals surface area contributed by atoms with Gasteiger partial charge in [0, 0.05) is 16.2 Å². The maximum Gasteiger partial charge on any atom is 0.328 e. The summed E-state index contributed by atoms with van der Waals surface area (Å²) in [7, 11) is 0. The van der Waals surface area contributed by atoms with Crippen LogP contribution in [0.15, 0.2) is 21.5 Å². The molecule has 0 aliphatic rings. The van der Waals surface area contributed by atoms with Gasteiger partial charge in [0.25, 0.3) is 5.56 Å². The quantitative estimate of drug-likeness (QED) is 0.803. The molecule has 1 atom stereocenters. The zero-order chi connectivity index (χ0) is 13.9. The Morgan fingerprint density at radius 3 is 2.61 bits per heavy atom. The zero-order valence-electron chi connectivity index (χ0n) is 11.1. The highest BCUT2D eigenvalue weighted by atomic mass is 79.9. The summed E-state index contributed by atoms with van der Waals surface area (Å²) in [5.74, 6) is -0.106. The van der Waals surface area contributed by atoms with Gasteiger partial charge in [-0.05, 0) is 41.8 Å². The predicted molar refractivity (Wildman–Crippen MR) is 73.6 cm³/mol. The number of aryl methyl sites for hydroxylation is 1. The van der Waals surface area contributed by atoms with E-state index in [-0.39, 0.29) is 17.4 Å². The number of pyridine rings is 1. The van der Waals surface area contributed by atoms with Crippen molar-refractivity contribution in [3.8, 4) is 0 Å². The van der Waals surface area contributed by atoms with E-state index >= 15 is 0 Å². The second kappa shape index (κ2) is 6.18. The van der Waals surface area contributed by atoms with E-state index < -0.39 is 6.04 Å². The predicted octanol–water partition coefficient (Wildman–Crippen LogP) is 2.68. The van der Waals surface area contributed by atoms with E-state index in [0.717, 1.165) is 4.47 Å². The Morgan fingerprint density at radius 1 is 1.44 bits per heavy atom. The topological polar surface area (TPSA) is 48.3 Å². The van der Waals surface area contributed by atoms with Crippen molar-refractivity contribution in [1.29, 1.82) is 0 Å². The summed E-state index contributed by atoms with van der Waals surface area (Å²) in [6.45, 7) is 7.68. The molecule has 0 fully saturated rings. The molecular formula is C13H18BrNO3. The molecule has 100 valence electrons. The third-order valence-corrected chi connectivity index (χ3v) is 2.94. The molecule has 0 amide bonds. The molecule has 0 spiro atoms. The van der Waals surface area contributed by atoms with E-state index in [9.17, 15) is 9.59 Å². The van der Waals surface area contributed by atoms with E-state index in [1.807, 2.05) is 13.8 Å². The van der Waals surface area contributed by atoms with Crippen molar-refractivity contribution in [1.82, 2.24) is 4.57 Å². The van der Waals surface area contributed by atoms with Crippen LogP contribution in [-0.2, 0) is 9.53 Å². The lowest BCUT2D eigenvalue weighted by Crippen LogP contribution is -2.30. The molecule has 4 nitrogen and oxygen atoms in total. The van der Waals surface area contributed by atoms with Crippen LogP contribution in [0.5, 0.6) is 0 Å². The Morgan fingerprint density at radius 2 is 2.06 bits per heavy atom. The molecule has 1 heterocycles. The average Bonchev–Trinajstić information content (AvgIpc) is 2.29. The van der Waals surface area contributed by atoms with Crippen LogP contribution in [0, 0.1) is 12.8 Å². The minimum Gasteiger partial charge on any atom is -0.464 e. The van der Waals surface area contributed by atoms with Crippen LogP contribution in [-0.4, -0.2) is 17.1 Å². The maximum atomic E-state index is 11.9. The number of carbonyl (C=O) groups excluding carboxylic acids is 1. The molecule has 0 radical (unpaired) electrons. The molecule has 0 saturated carbocycles. The number of esters is 1. The highest BCUT2D eigenvalue weighted by molar-refractivity contribution is 9.10. The fourth-order valence-corrected chi connectivity index (χ4v) is 2.04. The number of carbonyl (C=O) groups is 1. The Labute approximate surface area is 115 Å². The summed E-state index contributed by atoms with van der Waals surface area (Å²) in [5, 5.41) is 0. The molecule has 0 bridgehead atoms.